The number of anilines is 2. The molecule has 0 amide bonds. The predicted molar refractivity (Wildman–Crippen MR) is 80.8 cm³/mol. The van der Waals surface area contributed by atoms with E-state index in [1.165, 1.54) is 25.7 Å². The fourth-order valence-electron chi connectivity index (χ4n) is 2.42. The second-order valence-corrected chi connectivity index (χ2v) is 5.66. The molecule has 0 radical (unpaired) electrons. The van der Waals surface area contributed by atoms with Crippen molar-refractivity contribution in [2.75, 3.05) is 36.5 Å². The van der Waals surface area contributed by atoms with Gasteiger partial charge in [0, 0.05) is 32.9 Å². The fourth-order valence-corrected chi connectivity index (χ4v) is 2.42. The molecule has 1 aliphatic heterocycles. The third kappa shape index (κ3) is 3.82. The Morgan fingerprint density at radius 3 is 2.79 bits per heavy atom. The molecule has 0 spiro atoms. The summed E-state index contributed by atoms with van der Waals surface area (Å²) in [5.74, 6) is 2.77. The maximum Gasteiger partial charge on any atom is 0.227 e. The van der Waals surface area contributed by atoms with Crippen molar-refractivity contribution in [1.29, 1.82) is 0 Å². The monoisotopic (exact) mass is 262 g/mol. The smallest absolute Gasteiger partial charge is 0.227 e. The Hall–Kier alpha value is -1.32. The minimum absolute atomic E-state index is 0.840. The SMILES string of the molecule is CCCCN(C)c1ccnc(N2CCC(C)CC2)n1. The van der Waals surface area contributed by atoms with Crippen molar-refractivity contribution in [1.82, 2.24) is 9.97 Å². The minimum atomic E-state index is 0.840. The van der Waals surface area contributed by atoms with E-state index in [1.54, 1.807) is 0 Å². The Kier molecular flexibility index (Phi) is 5.00. The quantitative estimate of drug-likeness (QED) is 0.816. The van der Waals surface area contributed by atoms with E-state index in [2.05, 4.69) is 35.7 Å². The molecule has 0 aromatic carbocycles. The highest BCUT2D eigenvalue weighted by Gasteiger charge is 2.18. The van der Waals surface area contributed by atoms with Crippen LogP contribution in [0.25, 0.3) is 0 Å². The Morgan fingerprint density at radius 2 is 2.11 bits per heavy atom. The lowest BCUT2D eigenvalue weighted by molar-refractivity contribution is 0.434. The van der Waals surface area contributed by atoms with Gasteiger partial charge in [-0.15, -0.1) is 0 Å². The van der Waals surface area contributed by atoms with Crippen LogP contribution in [0.4, 0.5) is 11.8 Å². The summed E-state index contributed by atoms with van der Waals surface area (Å²) in [6.45, 7) is 7.78. The summed E-state index contributed by atoms with van der Waals surface area (Å²) in [4.78, 5) is 13.7. The van der Waals surface area contributed by atoms with Crippen LogP contribution in [-0.4, -0.2) is 36.6 Å². The molecule has 0 aliphatic carbocycles. The van der Waals surface area contributed by atoms with Crippen molar-refractivity contribution in [3.05, 3.63) is 12.3 Å². The summed E-state index contributed by atoms with van der Waals surface area (Å²) in [7, 11) is 2.11. The highest BCUT2D eigenvalue weighted by Crippen LogP contribution is 2.21. The van der Waals surface area contributed by atoms with Crippen LogP contribution in [0.3, 0.4) is 0 Å². The average molecular weight is 262 g/mol. The largest absolute Gasteiger partial charge is 0.360 e. The van der Waals surface area contributed by atoms with E-state index in [0.29, 0.717) is 0 Å². The summed E-state index contributed by atoms with van der Waals surface area (Å²) in [6, 6.07) is 2.01. The van der Waals surface area contributed by atoms with Crippen molar-refractivity contribution < 1.29 is 0 Å². The van der Waals surface area contributed by atoms with Crippen LogP contribution in [-0.2, 0) is 0 Å². The maximum atomic E-state index is 4.72. The first-order chi connectivity index (χ1) is 9.20. The van der Waals surface area contributed by atoms with E-state index in [-0.39, 0.29) is 0 Å². The lowest BCUT2D eigenvalue weighted by atomic mass is 10.00. The fraction of sp³-hybridized carbons (Fsp3) is 0.733. The van der Waals surface area contributed by atoms with Gasteiger partial charge in [0.25, 0.3) is 0 Å². The van der Waals surface area contributed by atoms with Crippen LogP contribution >= 0.6 is 0 Å². The molecule has 0 atom stereocenters. The molecule has 106 valence electrons. The zero-order chi connectivity index (χ0) is 13.7. The van der Waals surface area contributed by atoms with E-state index in [9.17, 15) is 0 Å². The lowest BCUT2D eigenvalue weighted by Gasteiger charge is -2.30. The number of hydrogen-bond donors (Lipinski definition) is 0. The highest BCUT2D eigenvalue weighted by atomic mass is 15.3. The van der Waals surface area contributed by atoms with Gasteiger partial charge in [-0.05, 0) is 31.2 Å². The van der Waals surface area contributed by atoms with E-state index >= 15 is 0 Å². The molecule has 0 saturated carbocycles. The van der Waals surface area contributed by atoms with Gasteiger partial charge >= 0.3 is 0 Å². The lowest BCUT2D eigenvalue weighted by Crippen LogP contribution is -2.34. The van der Waals surface area contributed by atoms with Crippen molar-refractivity contribution in [2.24, 2.45) is 5.92 Å². The van der Waals surface area contributed by atoms with Gasteiger partial charge in [-0.25, -0.2) is 4.98 Å². The molecule has 1 saturated heterocycles. The maximum absolute atomic E-state index is 4.72. The zero-order valence-electron chi connectivity index (χ0n) is 12.5. The molecule has 0 N–H and O–H groups in total. The standard InChI is InChI=1S/C15H26N4/c1-4-5-10-18(3)14-6-9-16-15(17-14)19-11-7-13(2)8-12-19/h6,9,13H,4-5,7-8,10-12H2,1-3H3. The molecule has 1 aliphatic rings. The molecule has 0 bridgehead atoms. The number of unbranched alkanes of at least 4 members (excludes halogenated alkanes) is 1. The first-order valence-electron chi connectivity index (χ1n) is 7.50. The van der Waals surface area contributed by atoms with Gasteiger partial charge in [-0.1, -0.05) is 20.3 Å². The van der Waals surface area contributed by atoms with Crippen molar-refractivity contribution in [2.45, 2.75) is 39.5 Å². The number of aromatic nitrogens is 2. The summed E-state index contributed by atoms with van der Waals surface area (Å²) in [5, 5.41) is 0. The normalized spacial score (nSPS) is 16.7. The van der Waals surface area contributed by atoms with Crippen LogP contribution in [0.15, 0.2) is 12.3 Å². The minimum Gasteiger partial charge on any atom is -0.360 e. The van der Waals surface area contributed by atoms with Crippen molar-refractivity contribution in [3.63, 3.8) is 0 Å². The number of rotatable bonds is 5. The van der Waals surface area contributed by atoms with Gasteiger partial charge in [-0.2, -0.15) is 4.98 Å². The van der Waals surface area contributed by atoms with Gasteiger partial charge in [0.2, 0.25) is 5.95 Å². The summed E-state index contributed by atoms with van der Waals surface area (Å²) >= 11 is 0. The molecular weight excluding hydrogens is 236 g/mol. The first kappa shape index (κ1) is 14.1. The topological polar surface area (TPSA) is 32.3 Å². The molecule has 1 aromatic rings. The van der Waals surface area contributed by atoms with Gasteiger partial charge < -0.3 is 9.80 Å². The molecule has 19 heavy (non-hydrogen) atoms. The Labute approximate surface area is 116 Å². The molecule has 1 aromatic heterocycles. The summed E-state index contributed by atoms with van der Waals surface area (Å²) in [6.07, 6.45) is 6.81. The van der Waals surface area contributed by atoms with Crippen molar-refractivity contribution >= 4 is 11.8 Å². The molecule has 4 heteroatoms. The number of piperidine rings is 1. The van der Waals surface area contributed by atoms with Crippen LogP contribution in [0.5, 0.6) is 0 Å². The number of nitrogens with zero attached hydrogens (tertiary/aromatic N) is 4. The van der Waals surface area contributed by atoms with E-state index in [1.807, 2.05) is 12.3 Å². The van der Waals surface area contributed by atoms with E-state index < -0.39 is 0 Å². The van der Waals surface area contributed by atoms with E-state index in [0.717, 1.165) is 37.3 Å². The molecule has 2 rings (SSSR count). The van der Waals surface area contributed by atoms with Crippen LogP contribution in [0.2, 0.25) is 0 Å². The molecule has 4 nitrogen and oxygen atoms in total. The Balaban J connectivity index is 2.02. The molecular formula is C15H26N4. The van der Waals surface area contributed by atoms with Crippen LogP contribution in [0.1, 0.15) is 39.5 Å². The first-order valence-corrected chi connectivity index (χ1v) is 7.50. The average Bonchev–Trinajstić information content (AvgIpc) is 2.45. The number of hydrogen-bond acceptors (Lipinski definition) is 4. The van der Waals surface area contributed by atoms with Gasteiger partial charge in [0.1, 0.15) is 5.82 Å². The van der Waals surface area contributed by atoms with Crippen LogP contribution in [0, 0.1) is 5.92 Å². The molecule has 1 fully saturated rings. The van der Waals surface area contributed by atoms with Crippen molar-refractivity contribution in [3.8, 4) is 0 Å². The van der Waals surface area contributed by atoms with E-state index in [4.69, 9.17) is 4.98 Å². The second-order valence-electron chi connectivity index (χ2n) is 5.66. The second kappa shape index (κ2) is 6.73. The molecule has 0 unspecified atom stereocenters. The van der Waals surface area contributed by atoms with Gasteiger partial charge in [-0.3, -0.25) is 0 Å². The van der Waals surface area contributed by atoms with Crippen LogP contribution < -0.4 is 9.80 Å². The summed E-state index contributed by atoms with van der Waals surface area (Å²) < 4.78 is 0. The summed E-state index contributed by atoms with van der Waals surface area (Å²) in [5.41, 5.74) is 0. The zero-order valence-corrected chi connectivity index (χ0v) is 12.5. The molecule has 2 heterocycles. The Morgan fingerprint density at radius 1 is 1.37 bits per heavy atom. The van der Waals surface area contributed by atoms with Gasteiger partial charge in [0.15, 0.2) is 0 Å². The Bertz CT molecular complexity index is 385. The highest BCUT2D eigenvalue weighted by molar-refractivity contribution is 5.43. The third-order valence-corrected chi connectivity index (χ3v) is 3.93. The third-order valence-electron chi connectivity index (χ3n) is 3.93. The predicted octanol–water partition coefficient (Wildman–Crippen LogP) is 2.95. The van der Waals surface area contributed by atoms with Gasteiger partial charge in [0.05, 0.1) is 0 Å².